The second-order valence-corrected chi connectivity index (χ2v) is 10.7. The Morgan fingerprint density at radius 1 is 1.24 bits per heavy atom. The van der Waals surface area contributed by atoms with Crippen LogP contribution in [0.3, 0.4) is 0 Å². The smallest absolute Gasteiger partial charge is 0.341 e. The Bertz CT molecular complexity index is 1210. The molecule has 0 saturated heterocycles. The van der Waals surface area contributed by atoms with E-state index in [9.17, 15) is 9.59 Å². The number of fused-ring (bicyclic) bond motifs is 1. The average molecular weight is 519 g/mol. The zero-order valence-corrected chi connectivity index (χ0v) is 21.8. The van der Waals surface area contributed by atoms with E-state index in [-0.39, 0.29) is 23.7 Å². The van der Waals surface area contributed by atoms with Crippen molar-refractivity contribution in [1.82, 2.24) is 14.8 Å². The van der Waals surface area contributed by atoms with Gasteiger partial charge in [0.25, 0.3) is 0 Å². The van der Waals surface area contributed by atoms with Crippen molar-refractivity contribution in [3.8, 4) is 11.4 Å². The highest BCUT2D eigenvalue weighted by molar-refractivity contribution is 7.99. The van der Waals surface area contributed by atoms with Crippen molar-refractivity contribution in [3.05, 3.63) is 45.3 Å². The first-order chi connectivity index (χ1) is 16.4. The molecule has 180 valence electrons. The third-order valence-corrected chi connectivity index (χ3v) is 7.95. The van der Waals surface area contributed by atoms with Gasteiger partial charge in [-0.15, -0.1) is 21.5 Å². The minimum absolute atomic E-state index is 0.141. The lowest BCUT2D eigenvalue weighted by molar-refractivity contribution is -0.113. The van der Waals surface area contributed by atoms with E-state index >= 15 is 0 Å². The summed E-state index contributed by atoms with van der Waals surface area (Å²) in [5.74, 6) is 0.238. The molecular weight excluding hydrogens is 492 g/mol. The van der Waals surface area contributed by atoms with Crippen molar-refractivity contribution >= 4 is 51.6 Å². The summed E-state index contributed by atoms with van der Waals surface area (Å²) in [6, 6.07) is 7.48. The fourth-order valence-electron chi connectivity index (χ4n) is 3.96. The maximum atomic E-state index is 12.9. The van der Waals surface area contributed by atoms with E-state index in [1.165, 1.54) is 28.0 Å². The number of halogens is 1. The summed E-state index contributed by atoms with van der Waals surface area (Å²) in [7, 11) is 0. The standard InChI is InChI=1S/C24H27ClN4O3S2/c1-4-29-21(15-9-5-7-11-17(15)25)27-28-24(29)33-13-19(30)26-22-20(23(31)32-14(2)3)16-10-6-8-12-18(16)34-22/h5,7,9,11,14H,4,6,8,10,12-13H2,1-3H3,(H,26,30). The molecule has 2 heterocycles. The number of carbonyl (C=O) groups excluding carboxylic acids is 2. The van der Waals surface area contributed by atoms with E-state index in [0.717, 1.165) is 36.8 Å². The number of carbonyl (C=O) groups is 2. The van der Waals surface area contributed by atoms with Gasteiger partial charge in [-0.3, -0.25) is 4.79 Å². The normalized spacial score (nSPS) is 13.1. The SMILES string of the molecule is CCn1c(SCC(=O)Nc2sc3c(c2C(=O)OC(C)C)CCCC3)nnc1-c1ccccc1Cl. The minimum Gasteiger partial charge on any atom is -0.459 e. The summed E-state index contributed by atoms with van der Waals surface area (Å²) in [5.41, 5.74) is 2.34. The molecule has 1 aliphatic carbocycles. The summed E-state index contributed by atoms with van der Waals surface area (Å²) in [6.45, 7) is 6.29. The van der Waals surface area contributed by atoms with Gasteiger partial charge in [-0.2, -0.15) is 0 Å². The Labute approximate surface area is 212 Å². The number of anilines is 1. The molecule has 0 fully saturated rings. The Morgan fingerprint density at radius 3 is 2.74 bits per heavy atom. The van der Waals surface area contributed by atoms with E-state index in [1.807, 2.05) is 49.6 Å². The molecule has 0 unspecified atom stereocenters. The Balaban J connectivity index is 1.50. The predicted octanol–water partition coefficient (Wildman–Crippen LogP) is 5.85. The van der Waals surface area contributed by atoms with E-state index < -0.39 is 0 Å². The number of rotatable bonds is 8. The molecule has 3 aromatic rings. The quantitative estimate of drug-likeness (QED) is 0.297. The van der Waals surface area contributed by atoms with Crippen LogP contribution in [-0.4, -0.2) is 38.5 Å². The lowest BCUT2D eigenvalue weighted by atomic mass is 9.95. The van der Waals surface area contributed by atoms with E-state index in [0.29, 0.717) is 33.1 Å². The molecule has 7 nitrogen and oxygen atoms in total. The Morgan fingerprint density at radius 2 is 2.00 bits per heavy atom. The summed E-state index contributed by atoms with van der Waals surface area (Å²) < 4.78 is 7.41. The van der Waals surface area contributed by atoms with E-state index in [1.54, 1.807) is 0 Å². The first-order valence-electron chi connectivity index (χ1n) is 11.3. The van der Waals surface area contributed by atoms with Crippen LogP contribution in [0.5, 0.6) is 0 Å². The molecule has 0 atom stereocenters. The van der Waals surface area contributed by atoms with E-state index in [4.69, 9.17) is 16.3 Å². The highest BCUT2D eigenvalue weighted by Gasteiger charge is 2.28. The van der Waals surface area contributed by atoms with Crippen molar-refractivity contribution in [2.24, 2.45) is 0 Å². The van der Waals surface area contributed by atoms with Crippen LogP contribution in [0.4, 0.5) is 5.00 Å². The third kappa shape index (κ3) is 5.31. The number of esters is 1. The molecule has 4 rings (SSSR count). The van der Waals surface area contributed by atoms with Crippen molar-refractivity contribution < 1.29 is 14.3 Å². The number of nitrogens with one attached hydrogen (secondary N) is 1. The number of aromatic nitrogens is 3. The van der Waals surface area contributed by atoms with Gasteiger partial charge in [-0.25, -0.2) is 4.79 Å². The highest BCUT2D eigenvalue weighted by Crippen LogP contribution is 2.39. The number of nitrogens with zero attached hydrogens (tertiary/aromatic N) is 3. The number of ether oxygens (including phenoxy) is 1. The summed E-state index contributed by atoms with van der Waals surface area (Å²) in [6.07, 6.45) is 3.67. The van der Waals surface area contributed by atoms with Crippen LogP contribution in [-0.2, 0) is 28.9 Å². The fraction of sp³-hybridized carbons (Fsp3) is 0.417. The van der Waals surface area contributed by atoms with Crippen molar-refractivity contribution in [1.29, 1.82) is 0 Å². The molecule has 0 aliphatic heterocycles. The van der Waals surface area contributed by atoms with Crippen molar-refractivity contribution in [2.75, 3.05) is 11.1 Å². The summed E-state index contributed by atoms with van der Waals surface area (Å²) in [4.78, 5) is 26.9. The zero-order chi connectivity index (χ0) is 24.2. The van der Waals surface area contributed by atoms with Crippen LogP contribution in [0.1, 0.15) is 54.4 Å². The summed E-state index contributed by atoms with van der Waals surface area (Å²) >= 11 is 9.13. The molecule has 0 bridgehead atoms. The topological polar surface area (TPSA) is 86.1 Å². The lowest BCUT2D eigenvalue weighted by Crippen LogP contribution is -2.19. The Hall–Kier alpha value is -2.36. The van der Waals surface area contributed by atoms with Gasteiger partial charge in [0.1, 0.15) is 5.00 Å². The first-order valence-corrected chi connectivity index (χ1v) is 13.5. The van der Waals surface area contributed by atoms with Crippen LogP contribution in [0, 0.1) is 0 Å². The molecule has 0 saturated carbocycles. The van der Waals surface area contributed by atoms with E-state index in [2.05, 4.69) is 15.5 Å². The molecule has 0 radical (unpaired) electrons. The monoisotopic (exact) mass is 518 g/mol. The van der Waals surface area contributed by atoms with Crippen LogP contribution in [0.15, 0.2) is 29.4 Å². The van der Waals surface area contributed by atoms with Gasteiger partial charge < -0.3 is 14.6 Å². The largest absolute Gasteiger partial charge is 0.459 e. The van der Waals surface area contributed by atoms with Crippen molar-refractivity contribution in [2.45, 2.75) is 64.3 Å². The van der Waals surface area contributed by atoms with Gasteiger partial charge in [0.2, 0.25) is 5.91 Å². The van der Waals surface area contributed by atoms with Gasteiger partial charge in [0.05, 0.1) is 22.4 Å². The average Bonchev–Trinajstić information content (AvgIpc) is 3.38. The molecule has 1 aromatic carbocycles. The minimum atomic E-state index is -0.368. The van der Waals surface area contributed by atoms with Gasteiger partial charge in [-0.1, -0.05) is 35.5 Å². The van der Waals surface area contributed by atoms with Gasteiger partial charge >= 0.3 is 5.97 Å². The maximum Gasteiger partial charge on any atom is 0.341 e. The number of hydrogen-bond donors (Lipinski definition) is 1. The number of thiophene rings is 1. The molecule has 0 spiro atoms. The molecular formula is C24H27ClN4O3S2. The van der Waals surface area contributed by atoms with Crippen LogP contribution in [0.25, 0.3) is 11.4 Å². The highest BCUT2D eigenvalue weighted by atomic mass is 35.5. The number of amides is 1. The molecule has 2 aromatic heterocycles. The number of thioether (sulfide) groups is 1. The molecule has 1 N–H and O–H groups in total. The molecule has 1 amide bonds. The lowest BCUT2D eigenvalue weighted by Gasteiger charge is -2.14. The Kier molecular flexibility index (Phi) is 7.95. The number of aryl methyl sites for hydroxylation is 1. The molecule has 1 aliphatic rings. The summed E-state index contributed by atoms with van der Waals surface area (Å²) in [5, 5.41) is 13.4. The maximum absolute atomic E-state index is 12.9. The van der Waals surface area contributed by atoms with Crippen molar-refractivity contribution in [3.63, 3.8) is 0 Å². The first kappa shape index (κ1) is 24.8. The zero-order valence-electron chi connectivity index (χ0n) is 19.4. The second kappa shape index (κ2) is 10.9. The van der Waals surface area contributed by atoms with Crippen LogP contribution < -0.4 is 5.32 Å². The molecule has 10 heteroatoms. The van der Waals surface area contributed by atoms with Crippen LogP contribution in [0.2, 0.25) is 5.02 Å². The molecule has 34 heavy (non-hydrogen) atoms. The van der Waals surface area contributed by atoms with Gasteiger partial charge in [0, 0.05) is 17.0 Å². The van der Waals surface area contributed by atoms with Gasteiger partial charge in [-0.05, 0) is 64.2 Å². The van der Waals surface area contributed by atoms with Crippen LogP contribution >= 0.6 is 34.7 Å². The second-order valence-electron chi connectivity index (χ2n) is 8.24. The fourth-order valence-corrected chi connectivity index (χ4v) is 6.27. The van der Waals surface area contributed by atoms with Gasteiger partial charge in [0.15, 0.2) is 11.0 Å². The number of hydrogen-bond acceptors (Lipinski definition) is 7. The predicted molar refractivity (Wildman–Crippen MR) is 137 cm³/mol. The third-order valence-electron chi connectivity index (χ3n) is 5.45. The number of benzene rings is 1.